The largest absolute Gasteiger partial charge is 0.401 e. The molecule has 0 atom stereocenters. The summed E-state index contributed by atoms with van der Waals surface area (Å²) in [6.45, 7) is 2.45. The van der Waals surface area contributed by atoms with E-state index in [1.54, 1.807) is 19.9 Å². The first-order valence-electron chi connectivity index (χ1n) is 6.06. The molecule has 2 N–H and O–H groups in total. The Labute approximate surface area is 118 Å². The number of alkyl halides is 3. The summed E-state index contributed by atoms with van der Waals surface area (Å²) in [6, 6.07) is 1.54. The molecule has 0 aliphatic carbocycles. The lowest BCUT2D eigenvalue weighted by Crippen LogP contribution is -2.39. The molecule has 0 fully saturated rings. The summed E-state index contributed by atoms with van der Waals surface area (Å²) in [5.74, 6) is 0.623. The van der Waals surface area contributed by atoms with Crippen molar-refractivity contribution in [1.82, 2.24) is 14.9 Å². The van der Waals surface area contributed by atoms with Crippen LogP contribution in [0, 0.1) is 0 Å². The summed E-state index contributed by atoms with van der Waals surface area (Å²) < 4.78 is 37.6. The highest BCUT2D eigenvalue weighted by atomic mass is 32.1. The van der Waals surface area contributed by atoms with Gasteiger partial charge in [-0.3, -0.25) is 4.90 Å². The van der Waals surface area contributed by atoms with Gasteiger partial charge in [-0.2, -0.15) is 13.2 Å². The normalized spacial score (nSPS) is 12.8. The molecule has 110 valence electrons. The van der Waals surface area contributed by atoms with Crippen LogP contribution >= 0.6 is 11.3 Å². The average Bonchev–Trinajstić information content (AvgIpc) is 2.74. The van der Waals surface area contributed by atoms with Crippen LogP contribution in [-0.4, -0.2) is 33.6 Å². The number of hydrogen-bond donors (Lipinski definition) is 1. The van der Waals surface area contributed by atoms with Crippen LogP contribution in [-0.2, 0) is 6.54 Å². The van der Waals surface area contributed by atoms with Gasteiger partial charge in [0.1, 0.15) is 16.5 Å². The first-order chi connectivity index (χ1) is 9.26. The predicted octanol–water partition coefficient (Wildman–Crippen LogP) is 3.05. The fraction of sp³-hybridized carbons (Fsp3) is 0.500. The van der Waals surface area contributed by atoms with Crippen LogP contribution in [0.25, 0.3) is 10.2 Å². The maximum Gasteiger partial charge on any atom is 0.401 e. The molecule has 2 aromatic rings. The second-order valence-electron chi connectivity index (χ2n) is 4.78. The van der Waals surface area contributed by atoms with Crippen molar-refractivity contribution in [3.63, 3.8) is 0 Å². The van der Waals surface area contributed by atoms with Gasteiger partial charge in [0.2, 0.25) is 0 Å². The van der Waals surface area contributed by atoms with Crippen LogP contribution in [0.15, 0.2) is 11.4 Å². The summed E-state index contributed by atoms with van der Waals surface area (Å²) in [5.41, 5.74) is 5.80. The molecule has 20 heavy (non-hydrogen) atoms. The molecule has 0 unspecified atom stereocenters. The highest BCUT2D eigenvalue weighted by Gasteiger charge is 2.32. The summed E-state index contributed by atoms with van der Waals surface area (Å²) >= 11 is 1.39. The van der Waals surface area contributed by atoms with E-state index < -0.39 is 12.7 Å². The molecule has 8 heteroatoms. The summed E-state index contributed by atoms with van der Waals surface area (Å²) in [7, 11) is 0. The molecule has 0 amide bonds. The Kier molecular flexibility index (Phi) is 4.14. The van der Waals surface area contributed by atoms with E-state index in [-0.39, 0.29) is 12.6 Å². The van der Waals surface area contributed by atoms with Crippen LogP contribution < -0.4 is 5.73 Å². The molecule has 0 saturated heterocycles. The van der Waals surface area contributed by atoms with E-state index in [1.165, 1.54) is 16.2 Å². The first kappa shape index (κ1) is 15.0. The molecule has 4 nitrogen and oxygen atoms in total. The van der Waals surface area contributed by atoms with Crippen molar-refractivity contribution in [2.75, 3.05) is 12.3 Å². The van der Waals surface area contributed by atoms with Crippen molar-refractivity contribution in [3.8, 4) is 0 Å². The Bertz CT molecular complexity index is 594. The number of nitrogens with zero attached hydrogens (tertiary/aromatic N) is 3. The average molecular weight is 304 g/mol. The van der Waals surface area contributed by atoms with E-state index in [1.807, 2.05) is 5.38 Å². The van der Waals surface area contributed by atoms with Crippen molar-refractivity contribution in [1.29, 1.82) is 0 Å². The highest BCUT2D eigenvalue weighted by molar-refractivity contribution is 7.16. The zero-order chi connectivity index (χ0) is 14.9. The van der Waals surface area contributed by atoms with Gasteiger partial charge >= 0.3 is 6.18 Å². The number of rotatable bonds is 4. The van der Waals surface area contributed by atoms with E-state index in [0.29, 0.717) is 16.5 Å². The van der Waals surface area contributed by atoms with E-state index >= 15 is 0 Å². The second kappa shape index (κ2) is 5.53. The van der Waals surface area contributed by atoms with Crippen LogP contribution in [0.2, 0.25) is 0 Å². The molecule has 0 aliphatic heterocycles. The molecule has 0 radical (unpaired) electrons. The van der Waals surface area contributed by atoms with Crippen molar-refractivity contribution in [3.05, 3.63) is 17.3 Å². The summed E-state index contributed by atoms with van der Waals surface area (Å²) in [6.07, 6.45) is -4.25. The standard InChI is InChI=1S/C12H15F3N4S/c1-7(2)19(6-12(13,14)15)5-9-17-10(16)8-3-4-20-11(8)18-9/h3-4,7H,5-6H2,1-2H3,(H2,16,17,18). The van der Waals surface area contributed by atoms with Gasteiger partial charge in [0.25, 0.3) is 0 Å². The summed E-state index contributed by atoms with van der Waals surface area (Å²) in [5, 5.41) is 2.57. The van der Waals surface area contributed by atoms with Gasteiger partial charge in [0.05, 0.1) is 18.5 Å². The molecule has 0 aromatic carbocycles. The third-order valence-electron chi connectivity index (χ3n) is 2.86. The van der Waals surface area contributed by atoms with E-state index in [9.17, 15) is 13.2 Å². The van der Waals surface area contributed by atoms with Crippen LogP contribution in [0.1, 0.15) is 19.7 Å². The highest BCUT2D eigenvalue weighted by Crippen LogP contribution is 2.24. The van der Waals surface area contributed by atoms with Gasteiger partial charge in [0, 0.05) is 6.04 Å². The second-order valence-corrected chi connectivity index (χ2v) is 5.67. The predicted molar refractivity (Wildman–Crippen MR) is 73.4 cm³/mol. The van der Waals surface area contributed by atoms with Crippen LogP contribution in [0.4, 0.5) is 19.0 Å². The number of thiophene rings is 1. The molecular weight excluding hydrogens is 289 g/mol. The Morgan fingerprint density at radius 3 is 2.65 bits per heavy atom. The Hall–Kier alpha value is -1.41. The Morgan fingerprint density at radius 1 is 1.35 bits per heavy atom. The molecule has 2 heterocycles. The van der Waals surface area contributed by atoms with E-state index in [2.05, 4.69) is 9.97 Å². The molecule has 0 aliphatic rings. The molecule has 2 aromatic heterocycles. The van der Waals surface area contributed by atoms with E-state index in [0.717, 1.165) is 5.39 Å². The monoisotopic (exact) mass is 304 g/mol. The Balaban J connectivity index is 2.24. The molecule has 0 spiro atoms. The number of aromatic nitrogens is 2. The van der Waals surface area contributed by atoms with Gasteiger partial charge in [-0.1, -0.05) is 0 Å². The Morgan fingerprint density at radius 2 is 2.05 bits per heavy atom. The number of fused-ring (bicyclic) bond motifs is 1. The number of hydrogen-bond acceptors (Lipinski definition) is 5. The molecule has 0 bridgehead atoms. The van der Waals surface area contributed by atoms with Crippen molar-refractivity contribution in [2.45, 2.75) is 32.6 Å². The van der Waals surface area contributed by atoms with Crippen LogP contribution in [0.5, 0.6) is 0 Å². The van der Waals surface area contributed by atoms with Gasteiger partial charge in [0.15, 0.2) is 0 Å². The lowest BCUT2D eigenvalue weighted by atomic mass is 10.3. The van der Waals surface area contributed by atoms with Gasteiger partial charge in [-0.15, -0.1) is 11.3 Å². The fourth-order valence-corrected chi connectivity index (χ4v) is 2.62. The lowest BCUT2D eigenvalue weighted by molar-refractivity contribution is -0.151. The number of nitrogen functional groups attached to an aromatic ring is 1. The maximum atomic E-state index is 12.5. The third kappa shape index (κ3) is 3.57. The minimum absolute atomic E-state index is 0.0230. The quantitative estimate of drug-likeness (QED) is 0.943. The molecular formula is C12H15F3N4S. The smallest absolute Gasteiger partial charge is 0.383 e. The van der Waals surface area contributed by atoms with E-state index in [4.69, 9.17) is 5.73 Å². The lowest BCUT2D eigenvalue weighted by Gasteiger charge is -2.26. The SMILES string of the molecule is CC(C)N(Cc1nc(N)c2ccsc2n1)CC(F)(F)F. The molecule has 0 saturated carbocycles. The number of halogens is 3. The fourth-order valence-electron chi connectivity index (χ4n) is 1.83. The zero-order valence-corrected chi connectivity index (χ0v) is 11.9. The van der Waals surface area contributed by atoms with Gasteiger partial charge < -0.3 is 5.73 Å². The maximum absolute atomic E-state index is 12.5. The van der Waals surface area contributed by atoms with Crippen LogP contribution in [0.3, 0.4) is 0 Å². The van der Waals surface area contributed by atoms with Crippen molar-refractivity contribution >= 4 is 27.4 Å². The number of anilines is 1. The number of nitrogens with two attached hydrogens (primary N) is 1. The van der Waals surface area contributed by atoms with Crippen molar-refractivity contribution < 1.29 is 13.2 Å². The third-order valence-corrected chi connectivity index (χ3v) is 3.66. The van der Waals surface area contributed by atoms with Gasteiger partial charge in [-0.05, 0) is 25.3 Å². The first-order valence-corrected chi connectivity index (χ1v) is 6.94. The minimum atomic E-state index is -4.25. The van der Waals surface area contributed by atoms with Gasteiger partial charge in [-0.25, -0.2) is 9.97 Å². The van der Waals surface area contributed by atoms with Crippen molar-refractivity contribution in [2.24, 2.45) is 0 Å². The minimum Gasteiger partial charge on any atom is -0.383 e. The topological polar surface area (TPSA) is 55.0 Å². The zero-order valence-electron chi connectivity index (χ0n) is 11.1. The summed E-state index contributed by atoms with van der Waals surface area (Å²) in [4.78, 5) is 10.3. The molecule has 2 rings (SSSR count).